The third-order valence-electron chi connectivity index (χ3n) is 2.54. The number of hydrogen-bond donors (Lipinski definition) is 1. The van der Waals surface area contributed by atoms with Crippen molar-refractivity contribution < 1.29 is 0 Å². The molecule has 2 nitrogen and oxygen atoms in total. The minimum Gasteiger partial charge on any atom is -0.381 e. The third-order valence-corrected chi connectivity index (χ3v) is 2.75. The first kappa shape index (κ1) is 12.3. The molecule has 1 aromatic rings. The van der Waals surface area contributed by atoms with Gasteiger partial charge in [-0.1, -0.05) is 31.9 Å². The maximum absolute atomic E-state index is 5.81. The second-order valence-electron chi connectivity index (χ2n) is 3.81. The lowest BCUT2D eigenvalue weighted by Gasteiger charge is -2.18. The Kier molecular flexibility index (Phi) is 4.89. The molecule has 1 N–H and O–H groups in total. The van der Waals surface area contributed by atoms with Crippen LogP contribution in [0.25, 0.3) is 0 Å². The van der Waals surface area contributed by atoms with Gasteiger partial charge in [-0.05, 0) is 31.9 Å². The maximum Gasteiger partial charge on any atom is 0.129 e. The van der Waals surface area contributed by atoms with Crippen LogP contribution < -0.4 is 5.32 Å². The fourth-order valence-corrected chi connectivity index (χ4v) is 1.82. The van der Waals surface area contributed by atoms with E-state index in [4.69, 9.17) is 11.6 Å². The van der Waals surface area contributed by atoms with E-state index in [0.717, 1.165) is 17.8 Å². The maximum atomic E-state index is 5.81. The van der Waals surface area contributed by atoms with Crippen LogP contribution in [0.1, 0.15) is 38.8 Å². The Hall–Kier alpha value is -0.760. The molecule has 1 unspecified atom stereocenters. The number of anilines is 1. The highest BCUT2D eigenvalue weighted by Crippen LogP contribution is 2.18. The predicted molar refractivity (Wildman–Crippen MR) is 66.6 cm³/mol. The largest absolute Gasteiger partial charge is 0.381 e. The van der Waals surface area contributed by atoms with Crippen LogP contribution in [-0.2, 0) is 0 Å². The van der Waals surface area contributed by atoms with Crippen LogP contribution in [0.5, 0.6) is 0 Å². The van der Waals surface area contributed by atoms with Gasteiger partial charge in [-0.15, -0.1) is 0 Å². The third kappa shape index (κ3) is 3.71. The average Bonchev–Trinajstić information content (AvgIpc) is 2.21. The van der Waals surface area contributed by atoms with E-state index >= 15 is 0 Å². The van der Waals surface area contributed by atoms with Gasteiger partial charge < -0.3 is 5.32 Å². The highest BCUT2D eigenvalue weighted by atomic mass is 35.5. The van der Waals surface area contributed by atoms with Gasteiger partial charge in [-0.3, -0.25) is 0 Å². The number of hydrogen-bond acceptors (Lipinski definition) is 2. The Morgan fingerprint density at radius 2 is 2.13 bits per heavy atom. The van der Waals surface area contributed by atoms with E-state index in [1.54, 1.807) is 0 Å². The Balaban J connectivity index is 2.70. The van der Waals surface area contributed by atoms with Crippen molar-refractivity contribution in [2.75, 3.05) is 5.32 Å². The van der Waals surface area contributed by atoms with Gasteiger partial charge in [0.15, 0.2) is 0 Å². The highest BCUT2D eigenvalue weighted by Gasteiger charge is 2.07. The predicted octanol–water partition coefficient (Wildman–Crippen LogP) is 4.03. The minimum absolute atomic E-state index is 0.539. The first-order chi connectivity index (χ1) is 7.17. The van der Waals surface area contributed by atoms with Gasteiger partial charge >= 0.3 is 0 Å². The van der Waals surface area contributed by atoms with Gasteiger partial charge in [0.25, 0.3) is 0 Å². The fraction of sp³-hybridized carbons (Fsp3) is 0.583. The molecule has 1 atom stereocenters. The Morgan fingerprint density at radius 3 is 2.67 bits per heavy atom. The van der Waals surface area contributed by atoms with Gasteiger partial charge in [0.05, 0.1) is 11.4 Å². The fourth-order valence-electron chi connectivity index (χ4n) is 1.63. The van der Waals surface area contributed by atoms with Crippen LogP contribution >= 0.6 is 11.6 Å². The average molecular weight is 227 g/mol. The summed E-state index contributed by atoms with van der Waals surface area (Å²) in [5.41, 5.74) is 2.07. The van der Waals surface area contributed by atoms with Crippen LogP contribution in [0.3, 0.4) is 0 Å². The van der Waals surface area contributed by atoms with Crippen molar-refractivity contribution in [2.24, 2.45) is 0 Å². The molecule has 1 aromatic heterocycles. The lowest BCUT2D eigenvalue weighted by atomic mass is 10.1. The molecule has 0 aliphatic heterocycles. The van der Waals surface area contributed by atoms with Gasteiger partial charge in [0.2, 0.25) is 0 Å². The summed E-state index contributed by atoms with van der Waals surface area (Å²) >= 11 is 5.81. The zero-order valence-electron chi connectivity index (χ0n) is 9.68. The quantitative estimate of drug-likeness (QED) is 0.767. The van der Waals surface area contributed by atoms with Crippen molar-refractivity contribution in [3.8, 4) is 0 Å². The van der Waals surface area contributed by atoms with E-state index in [1.165, 1.54) is 12.8 Å². The minimum atomic E-state index is 0.539. The molecule has 15 heavy (non-hydrogen) atoms. The molecule has 0 aliphatic rings. The Labute approximate surface area is 97.1 Å². The van der Waals surface area contributed by atoms with E-state index in [0.29, 0.717) is 11.2 Å². The summed E-state index contributed by atoms with van der Waals surface area (Å²) in [5, 5.41) is 4.06. The first-order valence-corrected chi connectivity index (χ1v) is 5.94. The first-order valence-electron chi connectivity index (χ1n) is 5.57. The molecule has 0 saturated heterocycles. The zero-order valence-corrected chi connectivity index (χ0v) is 10.4. The van der Waals surface area contributed by atoms with E-state index in [9.17, 15) is 0 Å². The van der Waals surface area contributed by atoms with Crippen molar-refractivity contribution in [1.29, 1.82) is 0 Å². The molecule has 3 heteroatoms. The van der Waals surface area contributed by atoms with Crippen LogP contribution in [0.2, 0.25) is 5.15 Å². The molecule has 0 fully saturated rings. The van der Waals surface area contributed by atoms with Gasteiger partial charge in [-0.25, -0.2) is 4.98 Å². The Bertz CT molecular complexity index is 312. The van der Waals surface area contributed by atoms with E-state index < -0.39 is 0 Å². The highest BCUT2D eigenvalue weighted by molar-refractivity contribution is 6.29. The smallest absolute Gasteiger partial charge is 0.129 e. The lowest BCUT2D eigenvalue weighted by Crippen LogP contribution is -2.18. The molecule has 1 heterocycles. The van der Waals surface area contributed by atoms with Gasteiger partial charge in [0, 0.05) is 6.04 Å². The number of aromatic nitrogens is 1. The van der Waals surface area contributed by atoms with Crippen molar-refractivity contribution in [3.05, 3.63) is 23.0 Å². The molecular formula is C12H19ClN2. The molecule has 0 radical (unpaired) electrons. The van der Waals surface area contributed by atoms with E-state index in [-0.39, 0.29) is 0 Å². The number of halogens is 1. The van der Waals surface area contributed by atoms with Crippen molar-refractivity contribution in [3.63, 3.8) is 0 Å². The zero-order chi connectivity index (χ0) is 11.3. The molecule has 1 rings (SSSR count). The lowest BCUT2D eigenvalue weighted by molar-refractivity contribution is 0.622. The van der Waals surface area contributed by atoms with Crippen molar-refractivity contribution in [1.82, 2.24) is 4.98 Å². The standard InChI is InChI=1S/C12H19ClN2/c1-4-6-10(5-2)15-11-7-8-12(13)14-9(11)3/h7-8,10,15H,4-6H2,1-3H3. The topological polar surface area (TPSA) is 24.9 Å². The molecule has 0 spiro atoms. The SMILES string of the molecule is CCCC(CC)Nc1ccc(Cl)nc1C. The number of nitrogens with zero attached hydrogens (tertiary/aromatic N) is 1. The van der Waals surface area contributed by atoms with E-state index in [1.807, 2.05) is 19.1 Å². The second-order valence-corrected chi connectivity index (χ2v) is 4.19. The van der Waals surface area contributed by atoms with Crippen molar-refractivity contribution in [2.45, 2.75) is 46.1 Å². The summed E-state index contributed by atoms with van der Waals surface area (Å²) in [5.74, 6) is 0. The second kappa shape index (κ2) is 5.96. The summed E-state index contributed by atoms with van der Waals surface area (Å²) < 4.78 is 0. The molecule has 0 aliphatic carbocycles. The molecule has 0 amide bonds. The van der Waals surface area contributed by atoms with Gasteiger partial charge in [-0.2, -0.15) is 0 Å². The van der Waals surface area contributed by atoms with Crippen LogP contribution in [0.15, 0.2) is 12.1 Å². The number of rotatable bonds is 5. The summed E-state index contributed by atoms with van der Waals surface area (Å²) in [6.45, 7) is 6.39. The monoisotopic (exact) mass is 226 g/mol. The number of nitrogens with one attached hydrogen (secondary N) is 1. The molecule has 84 valence electrons. The molecule has 0 saturated carbocycles. The van der Waals surface area contributed by atoms with Crippen LogP contribution in [0, 0.1) is 6.92 Å². The van der Waals surface area contributed by atoms with Crippen LogP contribution in [-0.4, -0.2) is 11.0 Å². The summed E-state index contributed by atoms with van der Waals surface area (Å²) in [7, 11) is 0. The molecule has 0 aromatic carbocycles. The molecular weight excluding hydrogens is 208 g/mol. The summed E-state index contributed by atoms with van der Waals surface area (Å²) in [4.78, 5) is 4.22. The Morgan fingerprint density at radius 1 is 1.40 bits per heavy atom. The number of pyridine rings is 1. The molecule has 0 bridgehead atoms. The normalized spacial score (nSPS) is 12.5. The van der Waals surface area contributed by atoms with E-state index in [2.05, 4.69) is 24.1 Å². The number of aryl methyl sites for hydroxylation is 1. The van der Waals surface area contributed by atoms with Gasteiger partial charge in [0.1, 0.15) is 5.15 Å². The summed E-state index contributed by atoms with van der Waals surface area (Å²) in [6, 6.07) is 4.37. The van der Waals surface area contributed by atoms with Crippen molar-refractivity contribution >= 4 is 17.3 Å². The summed E-state index contributed by atoms with van der Waals surface area (Å²) in [6.07, 6.45) is 3.53. The van der Waals surface area contributed by atoms with Crippen LogP contribution in [0.4, 0.5) is 5.69 Å².